The Morgan fingerprint density at radius 3 is 1.68 bits per heavy atom. The van der Waals surface area contributed by atoms with Gasteiger partial charge in [-0.15, -0.1) is 0 Å². The molecule has 0 fully saturated rings. The molecule has 0 aliphatic carbocycles. The van der Waals surface area contributed by atoms with Crippen molar-refractivity contribution in [3.8, 4) is 0 Å². The second kappa shape index (κ2) is 4.02. The van der Waals surface area contributed by atoms with E-state index in [9.17, 15) is 4.79 Å². The van der Waals surface area contributed by atoms with Crippen molar-refractivity contribution in [3.63, 3.8) is 0 Å². The maximum Gasteiger partial charge on any atom is 0.265 e. The van der Waals surface area contributed by atoms with E-state index in [0.717, 1.165) is 43.6 Å². The van der Waals surface area contributed by atoms with E-state index in [4.69, 9.17) is 0 Å². The Morgan fingerprint density at radius 1 is 0.429 bits per heavy atom. The lowest BCUT2D eigenvalue weighted by atomic mass is 10.1. The molecule has 0 radical (unpaired) electrons. The highest BCUT2D eigenvalue weighted by Crippen LogP contribution is 2.44. The fourth-order valence-corrected chi connectivity index (χ4v) is 5.54. The predicted molar refractivity (Wildman–Crippen MR) is 116 cm³/mol. The Kier molecular flexibility index (Phi) is 1.92. The van der Waals surface area contributed by atoms with Gasteiger partial charge in [-0.1, -0.05) is 60.7 Å². The minimum absolute atomic E-state index is 0.0557. The van der Waals surface area contributed by atoms with E-state index in [1.54, 1.807) is 0 Å². The van der Waals surface area contributed by atoms with Gasteiger partial charge in [-0.3, -0.25) is 9.20 Å². The standard InChI is InChI=1S/C25H12N2O/c28-25-19-9-4-8-15-14-6-3-7-16-18-12-11-17-13-5-1-2-10-20(13)26(25)23(17)24(18)27(21(14)16)22(15)19/h1-12H. The van der Waals surface area contributed by atoms with E-state index >= 15 is 0 Å². The summed E-state index contributed by atoms with van der Waals surface area (Å²) >= 11 is 0. The average molecular weight is 356 g/mol. The van der Waals surface area contributed by atoms with Gasteiger partial charge in [-0.05, 0) is 12.1 Å². The van der Waals surface area contributed by atoms with Crippen LogP contribution >= 0.6 is 0 Å². The summed E-state index contributed by atoms with van der Waals surface area (Å²) in [6.07, 6.45) is 0. The third kappa shape index (κ3) is 1.17. The third-order valence-electron chi connectivity index (χ3n) is 6.57. The summed E-state index contributed by atoms with van der Waals surface area (Å²) in [5, 5.41) is 7.87. The molecular formula is C25H12N2O. The van der Waals surface area contributed by atoms with Crippen molar-refractivity contribution in [1.82, 2.24) is 8.80 Å². The molecule has 0 bridgehead atoms. The predicted octanol–water partition coefficient (Wildman–Crippen LogP) is 5.63. The lowest BCUT2D eigenvalue weighted by Gasteiger charge is -1.98. The molecule has 8 rings (SSSR count). The number of rotatable bonds is 0. The van der Waals surface area contributed by atoms with Crippen LogP contribution in [0.1, 0.15) is 0 Å². The summed E-state index contributed by atoms with van der Waals surface area (Å²) in [6.45, 7) is 0. The van der Waals surface area contributed by atoms with Crippen molar-refractivity contribution in [2.75, 3.05) is 0 Å². The van der Waals surface area contributed by atoms with Crippen LogP contribution < -0.4 is 5.56 Å². The van der Waals surface area contributed by atoms with Crippen LogP contribution in [-0.2, 0) is 0 Å². The van der Waals surface area contributed by atoms with Gasteiger partial charge in [-0.25, -0.2) is 0 Å². The van der Waals surface area contributed by atoms with Gasteiger partial charge in [0, 0.05) is 32.3 Å². The second-order valence-corrected chi connectivity index (χ2v) is 7.75. The molecule has 0 amide bonds. The Labute approximate surface area is 157 Å². The summed E-state index contributed by atoms with van der Waals surface area (Å²) < 4.78 is 4.27. The highest BCUT2D eigenvalue weighted by molar-refractivity contribution is 6.30. The maximum atomic E-state index is 13.8. The molecule has 3 heteroatoms. The molecule has 4 aromatic carbocycles. The number of fused-ring (bicyclic) bond motifs is 5. The first-order valence-electron chi connectivity index (χ1n) is 9.52. The monoisotopic (exact) mass is 356 g/mol. The van der Waals surface area contributed by atoms with Gasteiger partial charge >= 0.3 is 0 Å². The molecule has 28 heavy (non-hydrogen) atoms. The molecule has 0 saturated heterocycles. The van der Waals surface area contributed by atoms with Gasteiger partial charge in [0.25, 0.3) is 5.56 Å². The highest BCUT2D eigenvalue weighted by atomic mass is 16.1. The molecule has 0 atom stereocenters. The molecule has 4 aromatic heterocycles. The van der Waals surface area contributed by atoms with Crippen LogP contribution in [0.4, 0.5) is 0 Å². The number of benzene rings is 4. The molecule has 128 valence electrons. The van der Waals surface area contributed by atoms with Gasteiger partial charge < -0.3 is 4.40 Å². The average Bonchev–Trinajstić information content (AvgIpc) is 3.34. The van der Waals surface area contributed by atoms with Crippen LogP contribution in [0.3, 0.4) is 0 Å². The Hall–Kier alpha value is -3.85. The van der Waals surface area contributed by atoms with Crippen molar-refractivity contribution in [1.29, 1.82) is 0 Å². The molecule has 0 unspecified atom stereocenters. The van der Waals surface area contributed by atoms with E-state index in [-0.39, 0.29) is 5.56 Å². The highest BCUT2D eigenvalue weighted by Gasteiger charge is 2.24. The van der Waals surface area contributed by atoms with E-state index in [0.29, 0.717) is 0 Å². The summed E-state index contributed by atoms with van der Waals surface area (Å²) in [5.74, 6) is 0. The van der Waals surface area contributed by atoms with Crippen LogP contribution in [0.25, 0.3) is 65.3 Å². The van der Waals surface area contributed by atoms with E-state index in [2.05, 4.69) is 52.9 Å². The molecule has 0 saturated carbocycles. The van der Waals surface area contributed by atoms with Gasteiger partial charge in [0.1, 0.15) is 0 Å². The number of hydrogen-bond acceptors (Lipinski definition) is 1. The normalized spacial score (nSPS) is 13.1. The first-order chi connectivity index (χ1) is 13.8. The quantitative estimate of drug-likeness (QED) is 0.346. The lowest BCUT2D eigenvalue weighted by molar-refractivity contribution is 1.22. The second-order valence-electron chi connectivity index (χ2n) is 7.75. The molecular weight excluding hydrogens is 344 g/mol. The van der Waals surface area contributed by atoms with Crippen LogP contribution in [0.5, 0.6) is 0 Å². The van der Waals surface area contributed by atoms with Crippen molar-refractivity contribution >= 4 is 65.3 Å². The van der Waals surface area contributed by atoms with Crippen LogP contribution in [0.15, 0.2) is 77.6 Å². The van der Waals surface area contributed by atoms with Crippen molar-refractivity contribution in [3.05, 3.63) is 83.2 Å². The minimum atomic E-state index is 0.0557. The smallest absolute Gasteiger partial charge is 0.265 e. The summed E-state index contributed by atoms with van der Waals surface area (Å²) in [4.78, 5) is 13.8. The van der Waals surface area contributed by atoms with Crippen molar-refractivity contribution < 1.29 is 0 Å². The Bertz CT molecular complexity index is 1940. The molecule has 0 aliphatic rings. The summed E-state index contributed by atoms with van der Waals surface area (Å²) in [7, 11) is 0. The Balaban J connectivity index is 1.99. The zero-order valence-electron chi connectivity index (χ0n) is 14.7. The van der Waals surface area contributed by atoms with Gasteiger partial charge in [0.15, 0.2) is 0 Å². The first-order valence-corrected chi connectivity index (χ1v) is 9.52. The topological polar surface area (TPSA) is 25.9 Å². The fourth-order valence-electron chi connectivity index (χ4n) is 5.54. The van der Waals surface area contributed by atoms with Crippen LogP contribution in [-0.4, -0.2) is 8.80 Å². The molecule has 3 nitrogen and oxygen atoms in total. The lowest BCUT2D eigenvalue weighted by Crippen LogP contribution is -2.09. The van der Waals surface area contributed by atoms with Gasteiger partial charge in [0.2, 0.25) is 0 Å². The molecule has 0 N–H and O–H groups in total. The number of para-hydroxylation sites is 3. The molecule has 8 aromatic rings. The molecule has 4 heterocycles. The van der Waals surface area contributed by atoms with E-state index in [1.807, 2.05) is 28.7 Å². The van der Waals surface area contributed by atoms with Gasteiger partial charge in [-0.2, -0.15) is 0 Å². The van der Waals surface area contributed by atoms with E-state index in [1.165, 1.54) is 21.7 Å². The summed E-state index contributed by atoms with van der Waals surface area (Å²) in [5.41, 5.74) is 5.46. The molecule has 0 aliphatic heterocycles. The zero-order chi connectivity index (χ0) is 18.1. The largest absolute Gasteiger partial charge is 0.305 e. The number of aromatic nitrogens is 2. The first kappa shape index (κ1) is 13.3. The number of nitrogens with zero attached hydrogens (tertiary/aromatic N) is 2. The number of hydrogen-bond donors (Lipinski definition) is 0. The summed E-state index contributed by atoms with van der Waals surface area (Å²) in [6, 6.07) is 25.2. The Morgan fingerprint density at radius 2 is 0.929 bits per heavy atom. The SMILES string of the molecule is O=c1c2cccc3c4cccc5c6ccc7c8ccccc8n1c7c6n(c23)c45. The zero-order valence-corrected chi connectivity index (χ0v) is 14.7. The van der Waals surface area contributed by atoms with Gasteiger partial charge in [0.05, 0.1) is 33.0 Å². The van der Waals surface area contributed by atoms with Crippen molar-refractivity contribution in [2.24, 2.45) is 0 Å². The third-order valence-corrected chi connectivity index (χ3v) is 6.57. The maximum absolute atomic E-state index is 13.8. The minimum Gasteiger partial charge on any atom is -0.305 e. The van der Waals surface area contributed by atoms with Crippen molar-refractivity contribution in [2.45, 2.75) is 0 Å². The fraction of sp³-hybridized carbons (Fsp3) is 0. The molecule has 0 spiro atoms. The van der Waals surface area contributed by atoms with E-state index < -0.39 is 0 Å². The van der Waals surface area contributed by atoms with Crippen LogP contribution in [0, 0.1) is 0 Å². The van der Waals surface area contributed by atoms with Crippen LogP contribution in [0.2, 0.25) is 0 Å².